The van der Waals surface area contributed by atoms with Crippen LogP contribution in [0.1, 0.15) is 10.4 Å². The quantitative estimate of drug-likeness (QED) is 0.453. The zero-order valence-electron chi connectivity index (χ0n) is 15.0. The molecule has 2 aromatic carbocycles. The highest BCUT2D eigenvalue weighted by Gasteiger charge is 2.22. The van der Waals surface area contributed by atoms with Crippen molar-refractivity contribution in [3.63, 3.8) is 0 Å². The number of hydrogen-bond donors (Lipinski definition) is 2. The van der Waals surface area contributed by atoms with Gasteiger partial charge in [0.15, 0.2) is 0 Å². The minimum atomic E-state index is -0.945. The number of hydrogen-bond acceptors (Lipinski definition) is 4. The Labute approximate surface area is 166 Å². The molecule has 3 heterocycles. The van der Waals surface area contributed by atoms with Crippen LogP contribution in [0.15, 0.2) is 47.3 Å². The molecule has 3 aromatic heterocycles. The van der Waals surface area contributed by atoms with Crippen LogP contribution in [0.5, 0.6) is 0 Å². The van der Waals surface area contributed by atoms with Crippen LogP contribution < -0.4 is 5.32 Å². The number of benzene rings is 2. The number of fused-ring (bicyclic) bond motifs is 2. The first-order valence-electron chi connectivity index (χ1n) is 8.64. The first kappa shape index (κ1) is 17.5. The first-order valence-corrected chi connectivity index (χ1v) is 9.59. The second-order valence-electron chi connectivity index (χ2n) is 6.55. The van der Waals surface area contributed by atoms with Gasteiger partial charge in [-0.3, -0.25) is 14.6 Å². The second kappa shape index (κ2) is 6.49. The largest absolute Gasteiger partial charge is 0.322 e. The van der Waals surface area contributed by atoms with Gasteiger partial charge in [0.1, 0.15) is 22.9 Å². The zero-order valence-corrected chi connectivity index (χ0v) is 15.8. The van der Waals surface area contributed by atoms with Gasteiger partial charge in [-0.15, -0.1) is 0 Å². The molecule has 9 heteroatoms. The highest BCUT2D eigenvalue weighted by Crippen LogP contribution is 2.30. The van der Waals surface area contributed by atoms with Gasteiger partial charge in [-0.05, 0) is 29.6 Å². The van der Waals surface area contributed by atoms with Gasteiger partial charge in [-0.25, -0.2) is 8.78 Å². The Balaban J connectivity index is 1.53. The average molecular weight is 409 g/mol. The van der Waals surface area contributed by atoms with E-state index in [2.05, 4.69) is 20.6 Å². The number of anilines is 1. The molecule has 0 atom stereocenters. The molecular weight excluding hydrogens is 396 g/mol. The highest BCUT2D eigenvalue weighted by atomic mass is 32.1. The molecular formula is C20H13F2N5OS. The molecule has 2 N–H and O–H groups in total. The molecule has 144 valence electrons. The fourth-order valence-corrected chi connectivity index (χ4v) is 3.97. The van der Waals surface area contributed by atoms with E-state index in [9.17, 15) is 13.6 Å². The Morgan fingerprint density at radius 3 is 2.86 bits per heavy atom. The number of thiophene rings is 1. The minimum Gasteiger partial charge on any atom is -0.322 e. The van der Waals surface area contributed by atoms with Crippen molar-refractivity contribution in [2.45, 2.75) is 0 Å². The van der Waals surface area contributed by atoms with Crippen molar-refractivity contribution in [1.29, 1.82) is 0 Å². The maximum atomic E-state index is 14.8. The summed E-state index contributed by atoms with van der Waals surface area (Å²) >= 11 is 1.55. The predicted molar refractivity (Wildman–Crippen MR) is 108 cm³/mol. The fraction of sp³-hybridized carbons (Fsp3) is 0.0500. The SMILES string of the molecule is Cn1ncc2c(F)c(C(=O)Nc3ccc4[nH]nc(-c5ccsc5)c4c3)c(F)cc21. The number of H-pyrrole nitrogens is 1. The lowest BCUT2D eigenvalue weighted by Gasteiger charge is -2.09. The molecule has 0 aliphatic carbocycles. The summed E-state index contributed by atoms with van der Waals surface area (Å²) in [6.45, 7) is 0. The first-order chi connectivity index (χ1) is 14.0. The minimum absolute atomic E-state index is 0.0871. The standard InChI is InChI=1S/C20H13F2N5OS/c1-27-16-7-14(21)17(18(22)13(16)8-23-27)20(28)24-11-2-3-15-12(6-11)19(26-25-15)10-4-5-29-9-10/h2-9H,1H3,(H,24,28)(H,25,26). The number of rotatable bonds is 3. The van der Waals surface area contributed by atoms with Crippen LogP contribution in [0.25, 0.3) is 33.1 Å². The van der Waals surface area contributed by atoms with E-state index in [1.807, 2.05) is 16.8 Å². The number of carbonyl (C=O) groups excluding carboxylic acids is 1. The number of aryl methyl sites for hydroxylation is 1. The van der Waals surface area contributed by atoms with E-state index in [1.54, 1.807) is 36.6 Å². The molecule has 0 unspecified atom stereocenters. The molecule has 0 aliphatic heterocycles. The summed E-state index contributed by atoms with van der Waals surface area (Å²) in [5.74, 6) is -2.75. The van der Waals surface area contributed by atoms with E-state index in [-0.39, 0.29) is 10.9 Å². The third-order valence-electron chi connectivity index (χ3n) is 4.79. The van der Waals surface area contributed by atoms with Crippen LogP contribution >= 0.6 is 11.3 Å². The van der Waals surface area contributed by atoms with Crippen molar-refractivity contribution in [3.8, 4) is 11.3 Å². The molecule has 0 saturated heterocycles. The van der Waals surface area contributed by atoms with Crippen LogP contribution in [0.3, 0.4) is 0 Å². The van der Waals surface area contributed by atoms with Gasteiger partial charge in [0.25, 0.3) is 5.91 Å². The Bertz CT molecular complexity index is 1390. The van der Waals surface area contributed by atoms with E-state index in [1.165, 1.54) is 10.9 Å². The smallest absolute Gasteiger partial charge is 0.261 e. The van der Waals surface area contributed by atoms with Crippen LogP contribution in [-0.2, 0) is 7.05 Å². The Kier molecular flexibility index (Phi) is 3.92. The van der Waals surface area contributed by atoms with Crippen molar-refractivity contribution in [2.75, 3.05) is 5.32 Å². The van der Waals surface area contributed by atoms with E-state index in [0.29, 0.717) is 5.69 Å². The molecule has 0 radical (unpaired) electrons. The second-order valence-corrected chi connectivity index (χ2v) is 7.33. The van der Waals surface area contributed by atoms with Crippen LogP contribution in [0.4, 0.5) is 14.5 Å². The number of nitrogens with one attached hydrogen (secondary N) is 2. The lowest BCUT2D eigenvalue weighted by molar-refractivity contribution is 0.101. The maximum absolute atomic E-state index is 14.8. The summed E-state index contributed by atoms with van der Waals surface area (Å²) in [7, 11) is 1.58. The van der Waals surface area contributed by atoms with Crippen LogP contribution in [0, 0.1) is 11.6 Å². The lowest BCUT2D eigenvalue weighted by Crippen LogP contribution is -2.16. The van der Waals surface area contributed by atoms with E-state index in [4.69, 9.17) is 0 Å². The molecule has 29 heavy (non-hydrogen) atoms. The van der Waals surface area contributed by atoms with Crippen LogP contribution in [-0.4, -0.2) is 25.9 Å². The van der Waals surface area contributed by atoms with Gasteiger partial charge in [0.05, 0.1) is 22.6 Å². The van der Waals surface area contributed by atoms with E-state index >= 15 is 0 Å². The molecule has 6 nitrogen and oxygen atoms in total. The Morgan fingerprint density at radius 2 is 2.07 bits per heavy atom. The fourth-order valence-electron chi connectivity index (χ4n) is 3.33. The molecule has 5 rings (SSSR count). The number of nitrogens with zero attached hydrogens (tertiary/aromatic N) is 3. The predicted octanol–water partition coefficient (Wildman–Crippen LogP) is 4.71. The number of carbonyl (C=O) groups is 1. The molecule has 0 aliphatic rings. The monoisotopic (exact) mass is 409 g/mol. The lowest BCUT2D eigenvalue weighted by atomic mass is 10.1. The van der Waals surface area contributed by atoms with Gasteiger partial charge in [0.2, 0.25) is 0 Å². The van der Waals surface area contributed by atoms with E-state index < -0.39 is 23.1 Å². The Morgan fingerprint density at radius 1 is 1.21 bits per heavy atom. The van der Waals surface area contributed by atoms with E-state index in [0.717, 1.165) is 28.2 Å². The maximum Gasteiger partial charge on any atom is 0.261 e. The molecule has 0 bridgehead atoms. The summed E-state index contributed by atoms with van der Waals surface area (Å²) in [6, 6.07) is 8.18. The normalized spacial score (nSPS) is 11.4. The number of aromatic amines is 1. The average Bonchev–Trinajstić information content (AvgIpc) is 3.42. The van der Waals surface area contributed by atoms with Gasteiger partial charge in [0, 0.05) is 35.1 Å². The molecule has 0 spiro atoms. The summed E-state index contributed by atoms with van der Waals surface area (Å²) < 4.78 is 30.6. The third-order valence-corrected chi connectivity index (χ3v) is 5.47. The van der Waals surface area contributed by atoms with Gasteiger partial charge < -0.3 is 5.32 Å². The summed E-state index contributed by atoms with van der Waals surface area (Å²) in [5, 5.41) is 18.6. The third kappa shape index (κ3) is 2.78. The van der Waals surface area contributed by atoms with Gasteiger partial charge >= 0.3 is 0 Å². The van der Waals surface area contributed by atoms with Gasteiger partial charge in [-0.2, -0.15) is 21.5 Å². The Hall–Kier alpha value is -3.59. The van der Waals surface area contributed by atoms with Crippen molar-refractivity contribution in [2.24, 2.45) is 7.05 Å². The molecule has 0 saturated carbocycles. The van der Waals surface area contributed by atoms with Crippen LogP contribution in [0.2, 0.25) is 0 Å². The van der Waals surface area contributed by atoms with Crippen molar-refractivity contribution >= 4 is 44.7 Å². The topological polar surface area (TPSA) is 75.6 Å². The zero-order chi connectivity index (χ0) is 20.1. The van der Waals surface area contributed by atoms with Gasteiger partial charge in [-0.1, -0.05) is 0 Å². The van der Waals surface area contributed by atoms with Crippen molar-refractivity contribution in [1.82, 2.24) is 20.0 Å². The number of halogens is 2. The molecule has 1 amide bonds. The number of aromatic nitrogens is 4. The molecule has 5 aromatic rings. The highest BCUT2D eigenvalue weighted by molar-refractivity contribution is 7.08. The molecule has 0 fully saturated rings. The summed E-state index contributed by atoms with van der Waals surface area (Å²) in [6.07, 6.45) is 1.27. The van der Waals surface area contributed by atoms with Crippen molar-refractivity contribution in [3.05, 3.63) is 64.5 Å². The number of amides is 1. The summed E-state index contributed by atoms with van der Waals surface area (Å²) in [5.41, 5.74) is 2.52. The van der Waals surface area contributed by atoms with Crippen molar-refractivity contribution < 1.29 is 13.6 Å². The summed E-state index contributed by atoms with van der Waals surface area (Å²) in [4.78, 5) is 12.7.